The van der Waals surface area contributed by atoms with E-state index in [1.165, 1.54) is 0 Å². The Balaban J connectivity index is 1.98. The predicted molar refractivity (Wildman–Crippen MR) is 74.9 cm³/mol. The van der Waals surface area contributed by atoms with E-state index < -0.39 is 0 Å². The number of amides is 1. The summed E-state index contributed by atoms with van der Waals surface area (Å²) in [6, 6.07) is 8.05. The molecule has 19 heavy (non-hydrogen) atoms. The minimum absolute atomic E-state index is 0.0613. The maximum absolute atomic E-state index is 11.8. The number of hydrogen-bond acceptors (Lipinski definition) is 2. The van der Waals surface area contributed by atoms with Crippen molar-refractivity contribution < 1.29 is 4.79 Å². The van der Waals surface area contributed by atoms with E-state index in [-0.39, 0.29) is 11.3 Å². The monoisotopic (exact) mass is 257 g/mol. The molecule has 0 saturated heterocycles. The molecule has 0 saturated carbocycles. The Labute approximate surface area is 113 Å². The number of nitrogens with one attached hydrogen (secondary N) is 1. The van der Waals surface area contributed by atoms with Gasteiger partial charge in [-0.05, 0) is 17.7 Å². The van der Waals surface area contributed by atoms with Crippen molar-refractivity contribution in [3.8, 4) is 5.69 Å². The lowest BCUT2D eigenvalue weighted by atomic mass is 9.95. The van der Waals surface area contributed by atoms with Crippen molar-refractivity contribution in [1.82, 2.24) is 14.9 Å². The Kier molecular flexibility index (Phi) is 3.69. The van der Waals surface area contributed by atoms with Gasteiger partial charge in [0.05, 0.1) is 6.33 Å². The molecule has 0 bridgehead atoms. The Morgan fingerprint density at radius 3 is 2.47 bits per heavy atom. The average Bonchev–Trinajstić information content (AvgIpc) is 2.89. The minimum Gasteiger partial charge on any atom is -0.352 e. The third kappa shape index (κ3) is 3.44. The SMILES string of the molecule is CC(C)(C)C(=O)NCc1ccc(-n2ccnc2)cc1. The second kappa shape index (κ2) is 5.26. The summed E-state index contributed by atoms with van der Waals surface area (Å²) < 4.78 is 1.94. The lowest BCUT2D eigenvalue weighted by molar-refractivity contribution is -0.128. The minimum atomic E-state index is -0.350. The number of carbonyl (C=O) groups excluding carboxylic acids is 1. The lowest BCUT2D eigenvalue weighted by Gasteiger charge is -2.17. The number of rotatable bonds is 3. The van der Waals surface area contributed by atoms with Crippen LogP contribution in [0.4, 0.5) is 0 Å². The van der Waals surface area contributed by atoms with Crippen LogP contribution in [0.2, 0.25) is 0 Å². The molecule has 0 aliphatic carbocycles. The Hall–Kier alpha value is -2.10. The van der Waals surface area contributed by atoms with Crippen LogP contribution < -0.4 is 5.32 Å². The molecular formula is C15H19N3O. The van der Waals surface area contributed by atoms with Crippen LogP contribution in [0.3, 0.4) is 0 Å². The number of imidazole rings is 1. The largest absolute Gasteiger partial charge is 0.352 e. The summed E-state index contributed by atoms with van der Waals surface area (Å²) in [7, 11) is 0. The van der Waals surface area contributed by atoms with Crippen LogP contribution in [-0.2, 0) is 11.3 Å². The van der Waals surface area contributed by atoms with Crippen molar-refractivity contribution in [3.63, 3.8) is 0 Å². The number of nitrogens with zero attached hydrogens (tertiary/aromatic N) is 2. The molecule has 1 N–H and O–H groups in total. The van der Waals surface area contributed by atoms with E-state index >= 15 is 0 Å². The van der Waals surface area contributed by atoms with Gasteiger partial charge in [-0.15, -0.1) is 0 Å². The van der Waals surface area contributed by atoms with Gasteiger partial charge in [-0.3, -0.25) is 4.79 Å². The summed E-state index contributed by atoms with van der Waals surface area (Å²) in [5, 5.41) is 2.94. The highest BCUT2D eigenvalue weighted by Crippen LogP contribution is 2.13. The van der Waals surface area contributed by atoms with Crippen LogP contribution in [0.1, 0.15) is 26.3 Å². The van der Waals surface area contributed by atoms with Gasteiger partial charge in [0.25, 0.3) is 0 Å². The number of benzene rings is 1. The van der Waals surface area contributed by atoms with Gasteiger partial charge in [-0.1, -0.05) is 32.9 Å². The zero-order valence-electron chi connectivity index (χ0n) is 11.6. The molecule has 0 aliphatic heterocycles. The first-order chi connectivity index (χ1) is 8.97. The van der Waals surface area contributed by atoms with Crippen molar-refractivity contribution in [2.75, 3.05) is 0 Å². The molecule has 2 aromatic rings. The van der Waals surface area contributed by atoms with Crippen molar-refractivity contribution in [1.29, 1.82) is 0 Å². The van der Waals surface area contributed by atoms with Gasteiger partial charge in [-0.25, -0.2) is 4.98 Å². The summed E-state index contributed by atoms with van der Waals surface area (Å²) in [6.45, 7) is 6.28. The maximum Gasteiger partial charge on any atom is 0.225 e. The molecule has 4 nitrogen and oxygen atoms in total. The Morgan fingerprint density at radius 2 is 1.95 bits per heavy atom. The van der Waals surface area contributed by atoms with Gasteiger partial charge in [-0.2, -0.15) is 0 Å². The number of aromatic nitrogens is 2. The molecule has 4 heteroatoms. The van der Waals surface area contributed by atoms with E-state index in [9.17, 15) is 4.79 Å². The Bertz CT molecular complexity index is 536. The van der Waals surface area contributed by atoms with E-state index in [0.29, 0.717) is 6.54 Å². The van der Waals surface area contributed by atoms with Gasteiger partial charge < -0.3 is 9.88 Å². The van der Waals surface area contributed by atoms with E-state index in [2.05, 4.69) is 10.3 Å². The molecule has 0 radical (unpaired) electrons. The first-order valence-electron chi connectivity index (χ1n) is 6.32. The average molecular weight is 257 g/mol. The van der Waals surface area contributed by atoms with Crippen molar-refractivity contribution in [2.24, 2.45) is 5.41 Å². The van der Waals surface area contributed by atoms with E-state index in [0.717, 1.165) is 11.3 Å². The quantitative estimate of drug-likeness (QED) is 0.918. The lowest BCUT2D eigenvalue weighted by Crippen LogP contribution is -2.34. The highest BCUT2D eigenvalue weighted by Gasteiger charge is 2.20. The summed E-state index contributed by atoms with van der Waals surface area (Å²) in [5.41, 5.74) is 1.79. The number of hydrogen-bond donors (Lipinski definition) is 1. The first kappa shape index (κ1) is 13.3. The normalized spacial score (nSPS) is 11.3. The molecule has 1 aromatic heterocycles. The molecule has 1 amide bonds. The van der Waals surface area contributed by atoms with Crippen LogP contribution in [-0.4, -0.2) is 15.5 Å². The fourth-order valence-corrected chi connectivity index (χ4v) is 1.65. The molecule has 1 heterocycles. The van der Waals surface area contributed by atoms with E-state index in [1.807, 2.05) is 55.8 Å². The highest BCUT2D eigenvalue weighted by atomic mass is 16.2. The standard InChI is InChI=1S/C15H19N3O/c1-15(2,3)14(19)17-10-12-4-6-13(7-5-12)18-9-8-16-11-18/h4-9,11H,10H2,1-3H3,(H,17,19). The van der Waals surface area contributed by atoms with Gasteiger partial charge in [0.2, 0.25) is 5.91 Å². The molecule has 2 rings (SSSR count). The fourth-order valence-electron chi connectivity index (χ4n) is 1.65. The molecule has 1 aromatic carbocycles. The van der Waals surface area contributed by atoms with E-state index in [4.69, 9.17) is 0 Å². The van der Waals surface area contributed by atoms with Gasteiger partial charge in [0, 0.05) is 30.0 Å². The van der Waals surface area contributed by atoms with Crippen LogP contribution in [0, 0.1) is 5.41 Å². The zero-order chi connectivity index (χ0) is 13.9. The molecule has 0 aliphatic rings. The molecule has 0 spiro atoms. The predicted octanol–water partition coefficient (Wildman–Crippen LogP) is 2.53. The van der Waals surface area contributed by atoms with Gasteiger partial charge in [0.15, 0.2) is 0 Å². The molecular weight excluding hydrogens is 238 g/mol. The summed E-state index contributed by atoms with van der Waals surface area (Å²) in [5.74, 6) is 0.0613. The molecule has 0 atom stereocenters. The number of carbonyl (C=O) groups is 1. The molecule has 100 valence electrons. The summed E-state index contributed by atoms with van der Waals surface area (Å²) in [6.07, 6.45) is 5.41. The molecule has 0 fully saturated rings. The second-order valence-corrected chi connectivity index (χ2v) is 5.57. The van der Waals surface area contributed by atoms with Crippen LogP contribution >= 0.6 is 0 Å². The smallest absolute Gasteiger partial charge is 0.225 e. The van der Waals surface area contributed by atoms with Gasteiger partial charge >= 0.3 is 0 Å². The van der Waals surface area contributed by atoms with Crippen LogP contribution in [0.5, 0.6) is 0 Å². The second-order valence-electron chi connectivity index (χ2n) is 5.57. The summed E-state index contributed by atoms with van der Waals surface area (Å²) >= 11 is 0. The Morgan fingerprint density at radius 1 is 1.26 bits per heavy atom. The third-order valence-corrected chi connectivity index (χ3v) is 2.87. The van der Waals surface area contributed by atoms with Crippen molar-refractivity contribution in [2.45, 2.75) is 27.3 Å². The summed E-state index contributed by atoms with van der Waals surface area (Å²) in [4.78, 5) is 15.8. The van der Waals surface area contributed by atoms with E-state index in [1.54, 1.807) is 12.5 Å². The maximum atomic E-state index is 11.8. The van der Waals surface area contributed by atoms with Gasteiger partial charge in [0.1, 0.15) is 0 Å². The van der Waals surface area contributed by atoms with Crippen molar-refractivity contribution >= 4 is 5.91 Å². The van der Waals surface area contributed by atoms with Crippen molar-refractivity contribution in [3.05, 3.63) is 48.5 Å². The third-order valence-electron chi connectivity index (χ3n) is 2.87. The topological polar surface area (TPSA) is 46.9 Å². The van der Waals surface area contributed by atoms with Crippen LogP contribution in [0.25, 0.3) is 5.69 Å². The fraction of sp³-hybridized carbons (Fsp3) is 0.333. The molecule has 0 unspecified atom stereocenters. The first-order valence-corrected chi connectivity index (χ1v) is 6.32. The van der Waals surface area contributed by atoms with Crippen LogP contribution in [0.15, 0.2) is 43.0 Å². The highest BCUT2D eigenvalue weighted by molar-refractivity contribution is 5.81. The zero-order valence-corrected chi connectivity index (χ0v) is 11.6.